The molecule has 3 heteroatoms. The Morgan fingerprint density at radius 3 is 2.81 bits per heavy atom. The van der Waals surface area contributed by atoms with Crippen LogP contribution in [0.1, 0.15) is 38.2 Å². The second-order valence-corrected chi connectivity index (χ2v) is 6.68. The van der Waals surface area contributed by atoms with Gasteiger partial charge in [-0.25, -0.2) is 0 Å². The maximum absolute atomic E-state index is 12.3. The Morgan fingerprint density at radius 2 is 2.14 bits per heavy atom. The van der Waals surface area contributed by atoms with E-state index in [2.05, 4.69) is 12.2 Å². The highest BCUT2D eigenvalue weighted by atomic mass is 16.5. The molecule has 1 aromatic carbocycles. The molecule has 2 aliphatic rings. The maximum Gasteiger partial charge on any atom is 0.224 e. The zero-order valence-corrected chi connectivity index (χ0v) is 13.0. The van der Waals surface area contributed by atoms with Crippen molar-refractivity contribution in [1.29, 1.82) is 0 Å². The second-order valence-electron chi connectivity index (χ2n) is 6.68. The van der Waals surface area contributed by atoms with Crippen molar-refractivity contribution in [3.05, 3.63) is 29.8 Å². The smallest absolute Gasteiger partial charge is 0.224 e. The number of hydrogen-bond donors (Lipinski definition) is 1. The summed E-state index contributed by atoms with van der Waals surface area (Å²) >= 11 is 0. The molecule has 0 radical (unpaired) electrons. The van der Waals surface area contributed by atoms with Crippen molar-refractivity contribution in [2.75, 3.05) is 7.11 Å². The molecule has 21 heavy (non-hydrogen) atoms. The number of carbonyl (C=O) groups is 1. The third-order valence-corrected chi connectivity index (χ3v) is 5.37. The SMILES string of the molecule is COc1ccccc1CC(=O)N[C@H](C)[C@H]1C[C@H]2CC[C@H]1C2. The molecule has 3 nitrogen and oxygen atoms in total. The van der Waals surface area contributed by atoms with Crippen LogP contribution in [0.5, 0.6) is 5.75 Å². The van der Waals surface area contributed by atoms with Crippen molar-refractivity contribution in [3.8, 4) is 5.75 Å². The summed E-state index contributed by atoms with van der Waals surface area (Å²) in [7, 11) is 1.65. The van der Waals surface area contributed by atoms with Gasteiger partial charge in [0.05, 0.1) is 13.5 Å². The van der Waals surface area contributed by atoms with Crippen LogP contribution in [0.2, 0.25) is 0 Å². The van der Waals surface area contributed by atoms with Gasteiger partial charge in [-0.1, -0.05) is 24.6 Å². The molecule has 114 valence electrons. The van der Waals surface area contributed by atoms with Gasteiger partial charge >= 0.3 is 0 Å². The monoisotopic (exact) mass is 287 g/mol. The lowest BCUT2D eigenvalue weighted by Gasteiger charge is -2.28. The highest BCUT2D eigenvalue weighted by Gasteiger charge is 2.42. The summed E-state index contributed by atoms with van der Waals surface area (Å²) in [5, 5.41) is 3.21. The topological polar surface area (TPSA) is 38.3 Å². The average molecular weight is 287 g/mol. The summed E-state index contributed by atoms with van der Waals surface area (Å²) in [6, 6.07) is 8.04. The van der Waals surface area contributed by atoms with E-state index in [1.807, 2.05) is 24.3 Å². The van der Waals surface area contributed by atoms with Crippen LogP contribution in [0.4, 0.5) is 0 Å². The second kappa shape index (κ2) is 6.08. The molecular formula is C18H25NO2. The average Bonchev–Trinajstić information content (AvgIpc) is 3.10. The van der Waals surface area contributed by atoms with Crippen molar-refractivity contribution >= 4 is 5.91 Å². The first-order valence-corrected chi connectivity index (χ1v) is 8.08. The molecule has 1 amide bonds. The number of benzene rings is 1. The molecule has 0 spiro atoms. The van der Waals surface area contributed by atoms with E-state index in [1.54, 1.807) is 7.11 Å². The fourth-order valence-corrected chi connectivity index (χ4v) is 4.34. The first-order valence-electron chi connectivity index (χ1n) is 8.08. The molecule has 4 atom stereocenters. The maximum atomic E-state index is 12.3. The van der Waals surface area contributed by atoms with E-state index in [0.29, 0.717) is 18.4 Å². The van der Waals surface area contributed by atoms with Gasteiger partial charge in [-0.05, 0) is 50.0 Å². The molecule has 2 fully saturated rings. The van der Waals surface area contributed by atoms with E-state index >= 15 is 0 Å². The minimum Gasteiger partial charge on any atom is -0.496 e. The Kier molecular flexibility index (Phi) is 4.18. The molecule has 0 saturated heterocycles. The predicted octanol–water partition coefficient (Wildman–Crippen LogP) is 3.18. The van der Waals surface area contributed by atoms with Crippen molar-refractivity contribution in [2.45, 2.75) is 45.1 Å². The Labute approximate surface area is 127 Å². The van der Waals surface area contributed by atoms with Crippen LogP contribution in [0, 0.1) is 17.8 Å². The molecule has 2 aliphatic carbocycles. The predicted molar refractivity (Wildman–Crippen MR) is 83.2 cm³/mol. The van der Waals surface area contributed by atoms with Crippen LogP contribution in [-0.4, -0.2) is 19.1 Å². The molecule has 1 N–H and O–H groups in total. The summed E-state index contributed by atoms with van der Waals surface area (Å²) in [6.07, 6.45) is 5.86. The molecule has 0 heterocycles. The van der Waals surface area contributed by atoms with Gasteiger partial charge in [-0.3, -0.25) is 4.79 Å². The molecule has 2 saturated carbocycles. The lowest BCUT2D eigenvalue weighted by atomic mass is 9.84. The fourth-order valence-electron chi connectivity index (χ4n) is 4.34. The molecule has 0 aromatic heterocycles. The lowest BCUT2D eigenvalue weighted by Crippen LogP contribution is -2.40. The molecule has 3 rings (SSSR count). The normalized spacial score (nSPS) is 28.4. The van der Waals surface area contributed by atoms with Crippen molar-refractivity contribution in [3.63, 3.8) is 0 Å². The largest absolute Gasteiger partial charge is 0.496 e. The van der Waals surface area contributed by atoms with Gasteiger partial charge < -0.3 is 10.1 Å². The Hall–Kier alpha value is -1.51. The summed E-state index contributed by atoms with van der Waals surface area (Å²) in [6.45, 7) is 2.17. The third kappa shape index (κ3) is 3.07. The van der Waals surface area contributed by atoms with E-state index in [0.717, 1.165) is 23.1 Å². The van der Waals surface area contributed by atoms with Crippen LogP contribution in [0.15, 0.2) is 24.3 Å². The number of methoxy groups -OCH3 is 1. The zero-order chi connectivity index (χ0) is 14.8. The number of ether oxygens (including phenoxy) is 1. The van der Waals surface area contributed by atoms with Crippen molar-refractivity contribution in [1.82, 2.24) is 5.32 Å². The third-order valence-electron chi connectivity index (χ3n) is 5.37. The van der Waals surface area contributed by atoms with Crippen LogP contribution < -0.4 is 10.1 Å². The van der Waals surface area contributed by atoms with E-state index < -0.39 is 0 Å². The van der Waals surface area contributed by atoms with Gasteiger partial charge in [0.25, 0.3) is 0 Å². The summed E-state index contributed by atoms with van der Waals surface area (Å²) < 4.78 is 5.31. The fraction of sp³-hybridized carbons (Fsp3) is 0.611. The van der Waals surface area contributed by atoms with E-state index in [9.17, 15) is 4.79 Å². The van der Waals surface area contributed by atoms with Crippen LogP contribution in [-0.2, 0) is 11.2 Å². The molecule has 0 unspecified atom stereocenters. The summed E-state index contributed by atoms with van der Waals surface area (Å²) in [4.78, 5) is 12.3. The minimum atomic E-state index is 0.106. The van der Waals surface area contributed by atoms with Gasteiger partial charge in [0.1, 0.15) is 5.75 Å². The Balaban J connectivity index is 1.56. The molecular weight excluding hydrogens is 262 g/mol. The Morgan fingerprint density at radius 1 is 1.33 bits per heavy atom. The van der Waals surface area contributed by atoms with Crippen molar-refractivity contribution in [2.24, 2.45) is 17.8 Å². The van der Waals surface area contributed by atoms with Crippen LogP contribution in [0.3, 0.4) is 0 Å². The first kappa shape index (κ1) is 14.4. The standard InChI is InChI=1S/C18H25NO2/c1-12(16-10-13-7-8-14(16)9-13)19-18(20)11-15-5-3-4-6-17(15)21-2/h3-6,12-14,16H,7-11H2,1-2H3,(H,19,20)/t12-,13+,14+,16-/m1/s1. The minimum absolute atomic E-state index is 0.106. The van der Waals surface area contributed by atoms with Gasteiger partial charge in [-0.15, -0.1) is 0 Å². The number of para-hydroxylation sites is 1. The van der Waals surface area contributed by atoms with Gasteiger partial charge in [0, 0.05) is 11.6 Å². The number of fused-ring (bicyclic) bond motifs is 2. The van der Waals surface area contributed by atoms with Crippen LogP contribution >= 0.6 is 0 Å². The quantitative estimate of drug-likeness (QED) is 0.903. The summed E-state index contributed by atoms with van der Waals surface area (Å²) in [5.41, 5.74) is 0.956. The highest BCUT2D eigenvalue weighted by molar-refractivity contribution is 5.79. The van der Waals surface area contributed by atoms with Crippen molar-refractivity contribution < 1.29 is 9.53 Å². The molecule has 0 aliphatic heterocycles. The van der Waals surface area contributed by atoms with E-state index in [-0.39, 0.29) is 5.91 Å². The Bertz CT molecular complexity index is 514. The number of rotatable bonds is 5. The van der Waals surface area contributed by atoms with Gasteiger partial charge in [0.2, 0.25) is 5.91 Å². The molecule has 1 aromatic rings. The number of amides is 1. The zero-order valence-electron chi connectivity index (χ0n) is 13.0. The van der Waals surface area contributed by atoms with E-state index in [4.69, 9.17) is 4.74 Å². The highest BCUT2D eigenvalue weighted by Crippen LogP contribution is 2.49. The van der Waals surface area contributed by atoms with E-state index in [1.165, 1.54) is 25.7 Å². The summed E-state index contributed by atoms with van der Waals surface area (Å²) in [5.74, 6) is 3.35. The number of carbonyl (C=O) groups excluding carboxylic acids is 1. The number of hydrogen-bond acceptors (Lipinski definition) is 2. The van der Waals surface area contributed by atoms with Gasteiger partial charge in [0.15, 0.2) is 0 Å². The molecule has 2 bridgehead atoms. The number of nitrogens with one attached hydrogen (secondary N) is 1. The van der Waals surface area contributed by atoms with Gasteiger partial charge in [-0.2, -0.15) is 0 Å². The first-order chi connectivity index (χ1) is 10.2. The lowest BCUT2D eigenvalue weighted by molar-refractivity contribution is -0.121. The van der Waals surface area contributed by atoms with Crippen LogP contribution in [0.25, 0.3) is 0 Å².